The van der Waals surface area contributed by atoms with E-state index in [1.165, 1.54) is 72.1 Å². The molecule has 0 unspecified atom stereocenters. The van der Waals surface area contributed by atoms with Crippen LogP contribution in [-0.4, -0.2) is 16.7 Å². The van der Waals surface area contributed by atoms with Crippen molar-refractivity contribution < 1.29 is 0 Å². The zero-order chi connectivity index (χ0) is 63.1. The maximum Gasteiger partial charge on any atom is 0.252 e. The van der Waals surface area contributed by atoms with Gasteiger partial charge in [0.1, 0.15) is 0 Å². The molecular formula is C86H79BN4. The van der Waals surface area contributed by atoms with Gasteiger partial charge in [0.2, 0.25) is 0 Å². The Morgan fingerprint density at radius 2 is 0.736 bits per heavy atom. The molecule has 0 spiro atoms. The number of benzene rings is 10. The van der Waals surface area contributed by atoms with Crippen LogP contribution < -0.4 is 26.2 Å². The molecule has 91 heavy (non-hydrogen) atoms. The zero-order valence-electron chi connectivity index (χ0n) is 54.7. The van der Waals surface area contributed by atoms with Crippen LogP contribution in [0.15, 0.2) is 261 Å². The fourth-order valence-electron chi connectivity index (χ4n) is 13.7. The lowest BCUT2D eigenvalue weighted by Gasteiger charge is -2.47. The fourth-order valence-corrected chi connectivity index (χ4v) is 13.7. The molecule has 0 fully saturated rings. The number of rotatable bonds is 9. The Bertz CT molecular complexity index is 4700. The van der Waals surface area contributed by atoms with E-state index in [9.17, 15) is 0 Å². The molecule has 0 N–H and O–H groups in total. The van der Waals surface area contributed by atoms with E-state index in [2.05, 4.69) is 354 Å². The summed E-state index contributed by atoms with van der Waals surface area (Å²) in [4.78, 5) is 16.6. The first-order valence-electron chi connectivity index (χ1n) is 32.3. The Balaban J connectivity index is 1.18. The van der Waals surface area contributed by atoms with Crippen molar-refractivity contribution in [1.82, 2.24) is 9.97 Å². The number of nitrogens with zero attached hydrogens (tertiary/aromatic N) is 4. The molecule has 4 heterocycles. The molecule has 14 rings (SSSR count). The largest absolute Gasteiger partial charge is 0.311 e. The van der Waals surface area contributed by atoms with E-state index in [0.29, 0.717) is 0 Å². The van der Waals surface area contributed by atoms with Gasteiger partial charge in [-0.05, 0) is 166 Å². The molecule has 5 heteroatoms. The standard InChI is InChI=1S/C86H79BN4/c1-83(2,3)65-43-44-73(88-55-65)68-48-63(58-33-22-15-23-34-58)49-69(74-39-28-40-79(89-74)86(10,11)12)81(68)90-75-45-41-61(56-29-18-13-19-30-56)51-71(75)87-72-52-62(57-31-20-14-21-32-57)42-46-76(72)91(78-54-66(84(4,5)6)53-77(90)80(78)87)82-67(60-37-26-17-27-38-60)47-64(50-70(82)85(7,8)9)59-35-24-16-25-36-59/h13-55H,1-12H3. The molecule has 2 aliphatic heterocycles. The van der Waals surface area contributed by atoms with E-state index in [-0.39, 0.29) is 28.4 Å². The van der Waals surface area contributed by atoms with E-state index in [4.69, 9.17) is 9.97 Å². The van der Waals surface area contributed by atoms with Gasteiger partial charge in [0.15, 0.2) is 0 Å². The second-order valence-corrected chi connectivity index (χ2v) is 29.1. The van der Waals surface area contributed by atoms with Crippen LogP contribution in [0.5, 0.6) is 0 Å². The molecule has 4 nitrogen and oxygen atoms in total. The van der Waals surface area contributed by atoms with Crippen molar-refractivity contribution in [1.29, 1.82) is 0 Å². The van der Waals surface area contributed by atoms with Gasteiger partial charge in [0.05, 0.1) is 22.8 Å². The predicted octanol–water partition coefficient (Wildman–Crippen LogP) is 21.4. The SMILES string of the molecule is CC(C)(C)c1ccc(-c2cc(-c3ccccc3)cc(-c3cccc(C(C)(C)C)n3)c2N2c3ccc(-c4ccccc4)cc3B3c4cc(-c5ccccc5)ccc4N(c4c(-c5ccccc5)cc(-c5ccccc5)cc4C(C)(C)C)c4cc(C(C)(C)C)cc2c43)nc1. The summed E-state index contributed by atoms with van der Waals surface area (Å²) < 4.78 is 0. The van der Waals surface area contributed by atoms with Crippen molar-refractivity contribution in [3.63, 3.8) is 0 Å². The number of anilines is 6. The van der Waals surface area contributed by atoms with Crippen LogP contribution in [0.3, 0.4) is 0 Å². The Kier molecular flexibility index (Phi) is 14.6. The summed E-state index contributed by atoms with van der Waals surface area (Å²) in [6.07, 6.45) is 2.10. The van der Waals surface area contributed by atoms with Crippen LogP contribution in [0.1, 0.15) is 105 Å². The predicted molar refractivity (Wildman–Crippen MR) is 389 cm³/mol. The maximum absolute atomic E-state index is 5.73. The number of aromatic nitrogens is 2. The first kappa shape index (κ1) is 58.8. The Labute approximate surface area is 540 Å². The number of hydrogen-bond acceptors (Lipinski definition) is 4. The van der Waals surface area contributed by atoms with Gasteiger partial charge in [-0.2, -0.15) is 0 Å². The molecule has 12 aromatic rings. The van der Waals surface area contributed by atoms with Gasteiger partial charge in [0, 0.05) is 56.7 Å². The number of pyridine rings is 2. The highest BCUT2D eigenvalue weighted by atomic mass is 15.2. The molecule has 446 valence electrons. The highest BCUT2D eigenvalue weighted by Gasteiger charge is 2.47. The van der Waals surface area contributed by atoms with Crippen LogP contribution in [0.25, 0.3) is 78.1 Å². The van der Waals surface area contributed by atoms with Gasteiger partial charge in [0.25, 0.3) is 6.71 Å². The first-order chi connectivity index (χ1) is 43.7. The van der Waals surface area contributed by atoms with Crippen LogP contribution in [0.4, 0.5) is 34.1 Å². The van der Waals surface area contributed by atoms with Crippen molar-refractivity contribution in [2.45, 2.75) is 105 Å². The average molecular weight is 1180 g/mol. The van der Waals surface area contributed by atoms with Crippen molar-refractivity contribution >= 4 is 57.2 Å². The summed E-state index contributed by atoms with van der Waals surface area (Å²) in [6.45, 7) is 27.7. The third-order valence-corrected chi connectivity index (χ3v) is 18.6. The fraction of sp³-hybridized carbons (Fsp3) is 0.186. The molecule has 0 atom stereocenters. The van der Waals surface area contributed by atoms with Crippen molar-refractivity contribution in [3.8, 4) is 78.1 Å². The molecule has 0 amide bonds. The quantitative estimate of drug-likeness (QED) is 0.135. The van der Waals surface area contributed by atoms with Gasteiger partial charge in [-0.3, -0.25) is 9.97 Å². The smallest absolute Gasteiger partial charge is 0.252 e. The van der Waals surface area contributed by atoms with E-state index in [0.717, 1.165) is 78.9 Å². The van der Waals surface area contributed by atoms with Crippen molar-refractivity contribution in [3.05, 3.63) is 283 Å². The molecule has 2 aliphatic rings. The van der Waals surface area contributed by atoms with E-state index < -0.39 is 0 Å². The molecule has 0 aliphatic carbocycles. The molecule has 10 aromatic carbocycles. The Hall–Kier alpha value is -9.84. The lowest BCUT2D eigenvalue weighted by molar-refractivity contribution is 0.570. The van der Waals surface area contributed by atoms with Crippen LogP contribution >= 0.6 is 0 Å². The zero-order valence-corrected chi connectivity index (χ0v) is 54.7. The summed E-state index contributed by atoms with van der Waals surface area (Å²) >= 11 is 0. The van der Waals surface area contributed by atoms with Crippen LogP contribution in [0, 0.1) is 0 Å². The third-order valence-electron chi connectivity index (χ3n) is 18.6. The van der Waals surface area contributed by atoms with Crippen LogP contribution in [0.2, 0.25) is 0 Å². The topological polar surface area (TPSA) is 32.3 Å². The summed E-state index contributed by atoms with van der Waals surface area (Å²) in [5.74, 6) is 0. The van der Waals surface area contributed by atoms with E-state index >= 15 is 0 Å². The number of hydrogen-bond donors (Lipinski definition) is 0. The molecular weight excluding hydrogens is 1100 g/mol. The molecule has 0 saturated heterocycles. The highest BCUT2D eigenvalue weighted by molar-refractivity contribution is 7.00. The maximum atomic E-state index is 5.73. The Morgan fingerprint density at radius 3 is 1.19 bits per heavy atom. The second kappa shape index (κ2) is 22.6. The van der Waals surface area contributed by atoms with Crippen LogP contribution in [-0.2, 0) is 21.7 Å². The minimum absolute atomic E-state index is 0.107. The van der Waals surface area contributed by atoms with Crippen molar-refractivity contribution in [2.75, 3.05) is 9.80 Å². The summed E-state index contributed by atoms with van der Waals surface area (Å²) in [5, 5.41) is 0. The summed E-state index contributed by atoms with van der Waals surface area (Å²) in [5.41, 5.74) is 29.7. The van der Waals surface area contributed by atoms with Gasteiger partial charge < -0.3 is 9.80 Å². The number of fused-ring (bicyclic) bond motifs is 4. The lowest BCUT2D eigenvalue weighted by atomic mass is 9.33. The minimum atomic E-state index is -0.315. The van der Waals surface area contributed by atoms with Gasteiger partial charge in [-0.15, -0.1) is 0 Å². The molecule has 2 aromatic heterocycles. The monoisotopic (exact) mass is 1180 g/mol. The normalized spacial score (nSPS) is 13.0. The molecule has 0 bridgehead atoms. The highest BCUT2D eigenvalue weighted by Crippen LogP contribution is 2.55. The summed E-state index contributed by atoms with van der Waals surface area (Å²) in [7, 11) is 0. The third kappa shape index (κ3) is 10.9. The first-order valence-corrected chi connectivity index (χ1v) is 32.3. The van der Waals surface area contributed by atoms with Gasteiger partial charge in [-0.25, -0.2) is 0 Å². The Morgan fingerprint density at radius 1 is 0.297 bits per heavy atom. The molecule has 0 saturated carbocycles. The van der Waals surface area contributed by atoms with Gasteiger partial charge in [-0.1, -0.05) is 271 Å². The van der Waals surface area contributed by atoms with E-state index in [1.807, 2.05) is 0 Å². The average Bonchev–Trinajstić information content (AvgIpc) is 0.689. The van der Waals surface area contributed by atoms with Crippen molar-refractivity contribution in [2.24, 2.45) is 0 Å². The minimum Gasteiger partial charge on any atom is -0.311 e. The van der Waals surface area contributed by atoms with Gasteiger partial charge >= 0.3 is 0 Å². The molecule has 0 radical (unpaired) electrons. The second-order valence-electron chi connectivity index (χ2n) is 29.1. The summed E-state index contributed by atoms with van der Waals surface area (Å²) in [6, 6.07) is 95.3. The van der Waals surface area contributed by atoms with E-state index in [1.54, 1.807) is 0 Å². The lowest BCUT2D eigenvalue weighted by Crippen LogP contribution is -2.61.